The maximum absolute atomic E-state index is 7.05. The summed E-state index contributed by atoms with van der Waals surface area (Å²) in [7, 11) is 0. The maximum atomic E-state index is 7.05. The number of hydrogen-bond acceptors (Lipinski definition) is 0. The molecule has 24 heavy (non-hydrogen) atoms. The summed E-state index contributed by atoms with van der Waals surface area (Å²) < 4.78 is 0. The molecule has 0 amide bonds. The van der Waals surface area contributed by atoms with Gasteiger partial charge in [-0.2, -0.15) is 0 Å². The van der Waals surface area contributed by atoms with Crippen LogP contribution < -0.4 is 0 Å². The van der Waals surface area contributed by atoms with Crippen molar-refractivity contribution in [3.63, 3.8) is 0 Å². The molecule has 0 heterocycles. The van der Waals surface area contributed by atoms with E-state index >= 15 is 0 Å². The Morgan fingerprint density at radius 1 is 0.833 bits per heavy atom. The Hall–Kier alpha value is -1.50. The molecule has 0 spiro atoms. The fourth-order valence-electron chi connectivity index (χ4n) is 4.64. The summed E-state index contributed by atoms with van der Waals surface area (Å²) in [6.45, 7) is 0. The van der Waals surface area contributed by atoms with Crippen LogP contribution in [0, 0.1) is 11.8 Å². The molecule has 5 rings (SSSR count). The summed E-state index contributed by atoms with van der Waals surface area (Å²) >= 11 is 13.7. The van der Waals surface area contributed by atoms with Gasteiger partial charge in [0.1, 0.15) is 0 Å². The van der Waals surface area contributed by atoms with E-state index in [2.05, 4.69) is 72.8 Å². The van der Waals surface area contributed by atoms with Crippen molar-refractivity contribution in [3.8, 4) is 11.1 Å². The van der Waals surface area contributed by atoms with E-state index in [9.17, 15) is 0 Å². The topological polar surface area (TPSA) is 0 Å². The minimum Gasteiger partial charge on any atom is -0.121 e. The molecule has 3 atom stereocenters. The minimum atomic E-state index is -0.319. The van der Waals surface area contributed by atoms with Crippen molar-refractivity contribution in [1.82, 2.24) is 0 Å². The SMILES string of the molecule is ClC1C(C2C=CC=C2)C1(Cl)CC1c2ccccc2-c2ccccc21. The maximum Gasteiger partial charge on any atom is 0.0673 e. The zero-order valence-corrected chi connectivity index (χ0v) is 14.7. The van der Waals surface area contributed by atoms with E-state index in [-0.39, 0.29) is 10.3 Å². The molecule has 2 aromatic carbocycles. The third kappa shape index (κ3) is 2.00. The van der Waals surface area contributed by atoms with Crippen molar-refractivity contribution >= 4 is 23.2 Å². The summed E-state index contributed by atoms with van der Waals surface area (Å²) in [6.07, 6.45) is 9.55. The highest BCUT2D eigenvalue weighted by atomic mass is 35.5. The van der Waals surface area contributed by atoms with Gasteiger partial charge in [0.25, 0.3) is 0 Å². The van der Waals surface area contributed by atoms with E-state index in [1.807, 2.05) is 0 Å². The van der Waals surface area contributed by atoms with Crippen molar-refractivity contribution in [2.75, 3.05) is 0 Å². The van der Waals surface area contributed by atoms with Crippen LogP contribution in [0.2, 0.25) is 0 Å². The smallest absolute Gasteiger partial charge is 0.0673 e. The average molecular weight is 353 g/mol. The third-order valence-electron chi connectivity index (χ3n) is 5.89. The molecule has 0 aromatic heterocycles. The van der Waals surface area contributed by atoms with Gasteiger partial charge in [-0.3, -0.25) is 0 Å². The molecule has 0 N–H and O–H groups in total. The van der Waals surface area contributed by atoms with Crippen molar-refractivity contribution in [2.24, 2.45) is 11.8 Å². The highest BCUT2D eigenvalue weighted by Crippen LogP contribution is 2.64. The zero-order valence-electron chi connectivity index (χ0n) is 13.2. The number of halogens is 2. The fraction of sp³-hybridized carbons (Fsp3) is 0.273. The van der Waals surface area contributed by atoms with Crippen LogP contribution in [0.5, 0.6) is 0 Å². The second-order valence-corrected chi connectivity index (χ2v) is 8.31. The van der Waals surface area contributed by atoms with E-state index in [0.717, 1.165) is 6.42 Å². The molecule has 0 aliphatic heterocycles. The first kappa shape index (κ1) is 14.8. The molecule has 2 heteroatoms. The number of benzene rings is 2. The lowest BCUT2D eigenvalue weighted by atomic mass is 9.89. The van der Waals surface area contributed by atoms with Crippen LogP contribution in [0.25, 0.3) is 11.1 Å². The second-order valence-electron chi connectivity index (χ2n) is 7.13. The molecule has 1 fully saturated rings. The van der Waals surface area contributed by atoms with Crippen LogP contribution in [0.3, 0.4) is 0 Å². The van der Waals surface area contributed by atoms with Gasteiger partial charge in [-0.15, -0.1) is 23.2 Å². The van der Waals surface area contributed by atoms with Gasteiger partial charge in [-0.25, -0.2) is 0 Å². The molecule has 0 radical (unpaired) electrons. The molecular weight excluding hydrogens is 335 g/mol. The Morgan fingerprint density at radius 2 is 1.38 bits per heavy atom. The number of allylic oxidation sites excluding steroid dienone is 4. The predicted octanol–water partition coefficient (Wildman–Crippen LogP) is 6.15. The molecule has 2 aromatic rings. The molecular formula is C22H18Cl2. The molecule has 3 aliphatic rings. The summed E-state index contributed by atoms with van der Waals surface area (Å²) in [5.41, 5.74) is 5.49. The first-order valence-corrected chi connectivity index (χ1v) is 9.38. The van der Waals surface area contributed by atoms with Gasteiger partial charge in [0.05, 0.1) is 10.3 Å². The molecule has 0 bridgehead atoms. The van der Waals surface area contributed by atoms with E-state index in [0.29, 0.717) is 17.8 Å². The monoisotopic (exact) mass is 352 g/mol. The first-order valence-electron chi connectivity index (χ1n) is 8.56. The van der Waals surface area contributed by atoms with Crippen LogP contribution in [0.15, 0.2) is 72.8 Å². The predicted molar refractivity (Wildman–Crippen MR) is 102 cm³/mol. The van der Waals surface area contributed by atoms with Gasteiger partial charge in [-0.1, -0.05) is 72.8 Å². The Labute approximate surface area is 152 Å². The molecule has 3 aliphatic carbocycles. The van der Waals surface area contributed by atoms with Gasteiger partial charge < -0.3 is 0 Å². The Balaban J connectivity index is 1.52. The van der Waals surface area contributed by atoms with E-state index in [1.165, 1.54) is 22.3 Å². The lowest BCUT2D eigenvalue weighted by molar-refractivity contribution is 0.585. The van der Waals surface area contributed by atoms with Gasteiger partial charge in [0.2, 0.25) is 0 Å². The van der Waals surface area contributed by atoms with Crippen molar-refractivity contribution in [3.05, 3.63) is 84.0 Å². The summed E-state index contributed by atoms with van der Waals surface area (Å²) in [5, 5.41) is 0.0384. The summed E-state index contributed by atoms with van der Waals surface area (Å²) in [6, 6.07) is 17.4. The van der Waals surface area contributed by atoms with Crippen LogP contribution in [-0.2, 0) is 0 Å². The molecule has 120 valence electrons. The number of fused-ring (bicyclic) bond motifs is 3. The van der Waals surface area contributed by atoms with Gasteiger partial charge in [0, 0.05) is 17.8 Å². The Bertz CT molecular complexity index is 808. The van der Waals surface area contributed by atoms with Crippen LogP contribution in [0.4, 0.5) is 0 Å². The molecule has 0 saturated heterocycles. The van der Waals surface area contributed by atoms with Gasteiger partial charge in [0.15, 0.2) is 0 Å². The van der Waals surface area contributed by atoms with Crippen molar-refractivity contribution in [2.45, 2.75) is 22.6 Å². The summed E-state index contributed by atoms with van der Waals surface area (Å²) in [5.74, 6) is 1.06. The van der Waals surface area contributed by atoms with E-state index in [1.54, 1.807) is 0 Å². The normalized spacial score (nSPS) is 30.6. The molecule has 0 nitrogen and oxygen atoms in total. The highest BCUT2D eigenvalue weighted by Gasteiger charge is 2.65. The fourth-order valence-corrected chi connectivity index (χ4v) is 5.75. The van der Waals surface area contributed by atoms with Gasteiger partial charge >= 0.3 is 0 Å². The Morgan fingerprint density at radius 3 is 1.96 bits per heavy atom. The average Bonchev–Trinajstić information content (AvgIpc) is 3.02. The molecule has 3 unspecified atom stereocenters. The number of alkyl halides is 2. The molecule has 1 saturated carbocycles. The third-order valence-corrected chi connectivity index (χ3v) is 7.30. The Kier molecular flexibility index (Phi) is 3.24. The van der Waals surface area contributed by atoms with Gasteiger partial charge in [-0.05, 0) is 28.7 Å². The standard InChI is InChI=1S/C22H18Cl2/c23-21-20(14-7-1-2-8-14)22(21,24)13-19-17-11-5-3-9-15(17)16-10-4-6-12-18(16)19/h1-12,14,19-21H,13H2. The van der Waals surface area contributed by atoms with Crippen LogP contribution in [-0.4, -0.2) is 10.3 Å². The van der Waals surface area contributed by atoms with Crippen LogP contribution in [0.1, 0.15) is 23.5 Å². The lowest BCUT2D eigenvalue weighted by Crippen LogP contribution is -2.13. The first-order chi connectivity index (χ1) is 11.7. The number of rotatable bonds is 3. The number of hydrogen-bond donors (Lipinski definition) is 0. The zero-order chi connectivity index (χ0) is 16.3. The summed E-state index contributed by atoms with van der Waals surface area (Å²) in [4.78, 5) is -0.319. The highest BCUT2D eigenvalue weighted by molar-refractivity contribution is 6.37. The van der Waals surface area contributed by atoms with Crippen LogP contribution >= 0.6 is 23.2 Å². The van der Waals surface area contributed by atoms with Crippen molar-refractivity contribution < 1.29 is 0 Å². The van der Waals surface area contributed by atoms with Crippen molar-refractivity contribution in [1.29, 1.82) is 0 Å². The minimum absolute atomic E-state index is 0.0384. The lowest BCUT2D eigenvalue weighted by Gasteiger charge is -2.19. The quantitative estimate of drug-likeness (QED) is 0.581. The van der Waals surface area contributed by atoms with E-state index in [4.69, 9.17) is 23.2 Å². The largest absolute Gasteiger partial charge is 0.121 e. The van der Waals surface area contributed by atoms with E-state index < -0.39 is 0 Å². The second kappa shape index (κ2) is 5.25.